The lowest BCUT2D eigenvalue weighted by Gasteiger charge is -2.16. The molecule has 0 fully saturated rings. The van der Waals surface area contributed by atoms with Gasteiger partial charge >= 0.3 is 0 Å². The van der Waals surface area contributed by atoms with Gasteiger partial charge in [-0.05, 0) is 53.5 Å². The number of halogens is 2. The average molecular weight is 308 g/mol. The van der Waals surface area contributed by atoms with E-state index in [0.29, 0.717) is 4.47 Å². The van der Waals surface area contributed by atoms with E-state index in [0.717, 1.165) is 5.69 Å². The minimum absolute atomic E-state index is 0.183. The van der Waals surface area contributed by atoms with Crippen molar-refractivity contribution < 1.29 is 4.39 Å². The second kappa shape index (κ2) is 5.53. The number of aryl methyl sites for hydroxylation is 1. The van der Waals surface area contributed by atoms with Crippen molar-refractivity contribution in [3.8, 4) is 0 Å². The average Bonchev–Trinajstić information content (AvgIpc) is 2.34. The van der Waals surface area contributed by atoms with E-state index in [9.17, 15) is 4.39 Å². The van der Waals surface area contributed by atoms with Gasteiger partial charge < -0.3 is 5.32 Å². The molecule has 3 heteroatoms. The van der Waals surface area contributed by atoms with Crippen LogP contribution in [0.3, 0.4) is 0 Å². The van der Waals surface area contributed by atoms with E-state index in [1.165, 1.54) is 17.2 Å². The predicted molar refractivity (Wildman–Crippen MR) is 77.3 cm³/mol. The van der Waals surface area contributed by atoms with E-state index in [1.807, 2.05) is 0 Å². The van der Waals surface area contributed by atoms with Crippen LogP contribution in [0.5, 0.6) is 0 Å². The minimum Gasteiger partial charge on any atom is -0.378 e. The number of hydrogen-bond donors (Lipinski definition) is 1. The third-order valence-corrected chi connectivity index (χ3v) is 3.49. The third kappa shape index (κ3) is 3.10. The van der Waals surface area contributed by atoms with Gasteiger partial charge in [0, 0.05) is 11.7 Å². The van der Waals surface area contributed by atoms with Crippen molar-refractivity contribution in [2.24, 2.45) is 0 Å². The summed E-state index contributed by atoms with van der Waals surface area (Å²) in [5, 5.41) is 3.35. The molecule has 1 unspecified atom stereocenters. The largest absolute Gasteiger partial charge is 0.378 e. The summed E-state index contributed by atoms with van der Waals surface area (Å²) in [4.78, 5) is 0. The molecule has 1 N–H and O–H groups in total. The van der Waals surface area contributed by atoms with Crippen molar-refractivity contribution in [3.63, 3.8) is 0 Å². The molecule has 0 saturated carbocycles. The Morgan fingerprint density at radius 3 is 2.39 bits per heavy atom. The summed E-state index contributed by atoms with van der Waals surface area (Å²) in [5.74, 6) is -0.247. The summed E-state index contributed by atoms with van der Waals surface area (Å²) in [6.45, 7) is 4.15. The van der Waals surface area contributed by atoms with Crippen molar-refractivity contribution >= 4 is 21.6 Å². The topological polar surface area (TPSA) is 12.0 Å². The third-order valence-electron chi connectivity index (χ3n) is 2.88. The molecule has 0 radical (unpaired) electrons. The molecule has 0 amide bonds. The molecular formula is C15H15BrFN. The molecule has 2 aromatic rings. The molecule has 0 saturated heterocycles. The van der Waals surface area contributed by atoms with Crippen LogP contribution in [-0.4, -0.2) is 0 Å². The Balaban J connectivity index is 2.13. The standard InChI is InChI=1S/C15H15BrFN/c1-10-3-5-12(6-4-10)11(2)18-13-7-8-15(17)14(16)9-13/h3-9,11,18H,1-2H3. The van der Waals surface area contributed by atoms with Crippen LogP contribution in [0.1, 0.15) is 24.1 Å². The number of nitrogens with one attached hydrogen (secondary N) is 1. The molecule has 0 aliphatic carbocycles. The lowest BCUT2D eigenvalue weighted by Crippen LogP contribution is -2.06. The van der Waals surface area contributed by atoms with E-state index in [4.69, 9.17) is 0 Å². The zero-order valence-corrected chi connectivity index (χ0v) is 12.0. The highest BCUT2D eigenvalue weighted by Crippen LogP contribution is 2.24. The monoisotopic (exact) mass is 307 g/mol. The van der Waals surface area contributed by atoms with Gasteiger partial charge in [-0.15, -0.1) is 0 Å². The smallest absolute Gasteiger partial charge is 0.137 e. The molecule has 0 heterocycles. The molecule has 1 atom stereocenters. The molecule has 0 aromatic heterocycles. The Labute approximate surface area is 115 Å². The van der Waals surface area contributed by atoms with Crippen LogP contribution >= 0.6 is 15.9 Å². The summed E-state index contributed by atoms with van der Waals surface area (Å²) in [6, 6.07) is 13.5. The van der Waals surface area contributed by atoms with E-state index >= 15 is 0 Å². The summed E-state index contributed by atoms with van der Waals surface area (Å²) >= 11 is 3.19. The first-order chi connectivity index (χ1) is 8.56. The maximum absolute atomic E-state index is 13.1. The molecule has 0 spiro atoms. The Morgan fingerprint density at radius 2 is 1.78 bits per heavy atom. The van der Waals surface area contributed by atoms with Gasteiger partial charge in [0.05, 0.1) is 4.47 Å². The lowest BCUT2D eigenvalue weighted by molar-refractivity contribution is 0.621. The van der Waals surface area contributed by atoms with Gasteiger partial charge in [0.1, 0.15) is 5.82 Å². The summed E-state index contributed by atoms with van der Waals surface area (Å²) < 4.78 is 13.6. The van der Waals surface area contributed by atoms with Gasteiger partial charge in [0.2, 0.25) is 0 Å². The number of anilines is 1. The summed E-state index contributed by atoms with van der Waals surface area (Å²) in [5.41, 5.74) is 3.35. The van der Waals surface area contributed by atoms with E-state index in [-0.39, 0.29) is 11.9 Å². The number of hydrogen-bond acceptors (Lipinski definition) is 1. The maximum atomic E-state index is 13.1. The SMILES string of the molecule is Cc1ccc(C(C)Nc2ccc(F)c(Br)c2)cc1. The fourth-order valence-corrected chi connectivity index (χ4v) is 2.15. The van der Waals surface area contributed by atoms with Crippen molar-refractivity contribution in [1.29, 1.82) is 0 Å². The maximum Gasteiger partial charge on any atom is 0.137 e. The summed E-state index contributed by atoms with van der Waals surface area (Å²) in [6.07, 6.45) is 0. The second-order valence-corrected chi connectivity index (χ2v) is 5.26. The zero-order chi connectivity index (χ0) is 13.1. The number of benzene rings is 2. The first-order valence-corrected chi connectivity index (χ1v) is 6.64. The molecule has 1 nitrogen and oxygen atoms in total. The lowest BCUT2D eigenvalue weighted by atomic mass is 10.1. The van der Waals surface area contributed by atoms with Crippen LogP contribution < -0.4 is 5.32 Å². The van der Waals surface area contributed by atoms with Crippen molar-refractivity contribution in [1.82, 2.24) is 0 Å². The van der Waals surface area contributed by atoms with Gasteiger partial charge in [-0.25, -0.2) is 4.39 Å². The Hall–Kier alpha value is -1.35. The Kier molecular flexibility index (Phi) is 4.02. The first kappa shape index (κ1) is 13.1. The number of rotatable bonds is 3. The Morgan fingerprint density at radius 1 is 1.11 bits per heavy atom. The Bertz CT molecular complexity index is 537. The quantitative estimate of drug-likeness (QED) is 0.834. The normalized spacial score (nSPS) is 12.2. The minimum atomic E-state index is -0.247. The fourth-order valence-electron chi connectivity index (χ4n) is 1.77. The highest BCUT2D eigenvalue weighted by molar-refractivity contribution is 9.10. The molecular weight excluding hydrogens is 293 g/mol. The van der Waals surface area contributed by atoms with E-state index in [1.54, 1.807) is 12.1 Å². The van der Waals surface area contributed by atoms with Crippen LogP contribution in [0.4, 0.5) is 10.1 Å². The van der Waals surface area contributed by atoms with Crippen LogP contribution in [0, 0.1) is 12.7 Å². The highest BCUT2D eigenvalue weighted by Gasteiger charge is 2.06. The summed E-state index contributed by atoms with van der Waals surface area (Å²) in [7, 11) is 0. The van der Waals surface area contributed by atoms with Crippen LogP contribution in [0.15, 0.2) is 46.9 Å². The first-order valence-electron chi connectivity index (χ1n) is 5.84. The van der Waals surface area contributed by atoms with Gasteiger partial charge in [0.15, 0.2) is 0 Å². The van der Waals surface area contributed by atoms with Crippen molar-refractivity contribution in [2.45, 2.75) is 19.9 Å². The van der Waals surface area contributed by atoms with Crippen LogP contribution in [0.2, 0.25) is 0 Å². The molecule has 0 aliphatic heterocycles. The molecule has 18 heavy (non-hydrogen) atoms. The molecule has 94 valence electrons. The van der Waals surface area contributed by atoms with Crippen molar-refractivity contribution in [3.05, 3.63) is 63.9 Å². The molecule has 2 aromatic carbocycles. The van der Waals surface area contributed by atoms with E-state index < -0.39 is 0 Å². The van der Waals surface area contributed by atoms with Gasteiger partial charge in [0.25, 0.3) is 0 Å². The van der Waals surface area contributed by atoms with Gasteiger partial charge in [-0.2, -0.15) is 0 Å². The van der Waals surface area contributed by atoms with Gasteiger partial charge in [-0.1, -0.05) is 29.8 Å². The molecule has 0 bridgehead atoms. The fraction of sp³-hybridized carbons (Fsp3) is 0.200. The van der Waals surface area contributed by atoms with E-state index in [2.05, 4.69) is 59.4 Å². The highest BCUT2D eigenvalue weighted by atomic mass is 79.9. The predicted octanol–water partition coefficient (Wildman–Crippen LogP) is 5.07. The molecule has 0 aliphatic rings. The molecule has 2 rings (SSSR count). The van der Waals surface area contributed by atoms with Crippen LogP contribution in [0.25, 0.3) is 0 Å². The van der Waals surface area contributed by atoms with Crippen molar-refractivity contribution in [2.75, 3.05) is 5.32 Å². The second-order valence-electron chi connectivity index (χ2n) is 4.41. The van der Waals surface area contributed by atoms with Gasteiger partial charge in [-0.3, -0.25) is 0 Å². The zero-order valence-electron chi connectivity index (χ0n) is 10.4. The van der Waals surface area contributed by atoms with Crippen LogP contribution in [-0.2, 0) is 0 Å².